The molecule has 1 spiro atoms. The minimum atomic E-state index is -0.586. The Labute approximate surface area is 375 Å². The molecule has 1 aliphatic heterocycles. The van der Waals surface area contributed by atoms with Crippen molar-refractivity contribution in [1.82, 2.24) is 0 Å². The van der Waals surface area contributed by atoms with E-state index in [2.05, 4.69) is 223 Å². The maximum Gasteiger partial charge on any atom is 0.135 e. The Balaban J connectivity index is 1.05. The van der Waals surface area contributed by atoms with Crippen LogP contribution in [0.15, 0.2) is 224 Å². The number of hydrogen-bond donors (Lipinski definition) is 0. The predicted molar refractivity (Wildman–Crippen MR) is 267 cm³/mol. The molecule has 0 saturated carbocycles. The lowest BCUT2D eigenvalue weighted by molar-refractivity contribution is 0.488. The first kappa shape index (κ1) is 35.6. The Morgan fingerprint density at radius 1 is 0.328 bits per heavy atom. The summed E-state index contributed by atoms with van der Waals surface area (Å²) >= 11 is 1.92. The Morgan fingerprint density at radius 3 is 1.62 bits per heavy atom. The smallest absolute Gasteiger partial charge is 0.135 e. The van der Waals surface area contributed by atoms with E-state index in [1.54, 1.807) is 0 Å². The van der Waals surface area contributed by atoms with Gasteiger partial charge in [-0.25, -0.2) is 0 Å². The minimum absolute atomic E-state index is 0.586. The highest BCUT2D eigenvalue weighted by atomic mass is 32.1. The van der Waals surface area contributed by atoms with E-state index in [1.807, 2.05) is 17.4 Å². The monoisotopic (exact) mass is 831 g/mol. The van der Waals surface area contributed by atoms with E-state index in [1.165, 1.54) is 75.8 Å². The second kappa shape index (κ2) is 13.5. The molecule has 1 unspecified atom stereocenters. The highest BCUT2D eigenvalue weighted by Gasteiger charge is 2.50. The van der Waals surface area contributed by atoms with Crippen molar-refractivity contribution in [3.63, 3.8) is 0 Å². The second-order valence-corrected chi connectivity index (χ2v) is 18.1. The van der Waals surface area contributed by atoms with Crippen LogP contribution in [0.4, 0.5) is 17.1 Å². The molecular formula is C61H37NOS. The molecule has 2 aliphatic carbocycles. The third-order valence-electron chi connectivity index (χ3n) is 13.9. The van der Waals surface area contributed by atoms with Gasteiger partial charge in [0.05, 0.1) is 5.41 Å². The van der Waals surface area contributed by atoms with E-state index in [4.69, 9.17) is 4.74 Å². The first-order chi connectivity index (χ1) is 31.8. The van der Waals surface area contributed by atoms with Crippen molar-refractivity contribution in [2.24, 2.45) is 0 Å². The van der Waals surface area contributed by atoms with Gasteiger partial charge in [0.25, 0.3) is 0 Å². The third-order valence-corrected chi connectivity index (χ3v) is 15.1. The lowest BCUT2D eigenvalue weighted by Crippen LogP contribution is -2.29. The summed E-state index contributed by atoms with van der Waals surface area (Å²) in [5, 5.41) is 2.64. The number of hydrogen-bond acceptors (Lipinski definition) is 3. The molecule has 11 aromatic rings. The number of anilines is 3. The molecule has 2 heterocycles. The van der Waals surface area contributed by atoms with Gasteiger partial charge in [-0.15, -0.1) is 11.3 Å². The highest BCUT2D eigenvalue weighted by Crippen LogP contribution is 2.64. The molecule has 3 aliphatic rings. The second-order valence-electron chi connectivity index (χ2n) is 17.1. The predicted octanol–water partition coefficient (Wildman–Crippen LogP) is 17.0. The fourth-order valence-corrected chi connectivity index (χ4v) is 12.6. The van der Waals surface area contributed by atoms with Crippen LogP contribution in [0.25, 0.3) is 75.8 Å². The summed E-state index contributed by atoms with van der Waals surface area (Å²) in [6.45, 7) is 0. The van der Waals surface area contributed by atoms with Crippen LogP contribution in [0.5, 0.6) is 11.5 Å². The highest BCUT2D eigenvalue weighted by molar-refractivity contribution is 7.26. The van der Waals surface area contributed by atoms with E-state index in [9.17, 15) is 0 Å². The summed E-state index contributed by atoms with van der Waals surface area (Å²) in [4.78, 5) is 2.41. The summed E-state index contributed by atoms with van der Waals surface area (Å²) in [5.41, 5.74) is 20.0. The normalized spacial score (nSPS) is 14.8. The van der Waals surface area contributed by atoms with Crippen LogP contribution in [0.3, 0.4) is 0 Å². The lowest BCUT2D eigenvalue weighted by atomic mass is 9.66. The van der Waals surface area contributed by atoms with Crippen LogP contribution in [0.1, 0.15) is 22.3 Å². The number of thiophene rings is 1. The standard InChI is InChI=1S/C61H37NOS/c1-2-16-38(17-3-1)62(40-31-35-57-51(37-40)44-21-7-5-19-42(44)46-23-10-14-28-56(46)63-57)39-30-33-54-50(36-39)43-20-6-4-18-41(43)45-22-8-12-26-52(45)61(54)53-27-13-9-25-49(53)59-55(61)34-32-48-47-24-11-15-29-58(47)64-60(48)59/h1-37H. The zero-order chi connectivity index (χ0) is 41.9. The van der Waals surface area contributed by atoms with E-state index in [-0.39, 0.29) is 0 Å². The Kier molecular flexibility index (Phi) is 7.51. The number of fused-ring (bicyclic) bond motifs is 21. The van der Waals surface area contributed by atoms with Crippen molar-refractivity contribution < 1.29 is 4.74 Å². The average Bonchev–Trinajstić information content (AvgIpc) is 3.80. The quantitative estimate of drug-likeness (QED) is 0.176. The molecule has 0 bridgehead atoms. The van der Waals surface area contributed by atoms with Gasteiger partial charge >= 0.3 is 0 Å². The molecular weight excluding hydrogens is 795 g/mol. The first-order valence-electron chi connectivity index (χ1n) is 22.0. The summed E-state index contributed by atoms with van der Waals surface area (Å²) in [6, 6.07) is 82.8. The largest absolute Gasteiger partial charge is 0.456 e. The van der Waals surface area contributed by atoms with Gasteiger partial charge in [-0.3, -0.25) is 0 Å². The topological polar surface area (TPSA) is 12.5 Å². The molecule has 0 saturated heterocycles. The van der Waals surface area contributed by atoms with Crippen LogP contribution in [0, 0.1) is 0 Å². The zero-order valence-corrected chi connectivity index (χ0v) is 35.4. The number of benzene rings is 10. The van der Waals surface area contributed by atoms with Gasteiger partial charge in [-0.05, 0) is 116 Å². The van der Waals surface area contributed by atoms with Crippen molar-refractivity contribution in [3.05, 3.63) is 247 Å². The van der Waals surface area contributed by atoms with Crippen LogP contribution >= 0.6 is 11.3 Å². The van der Waals surface area contributed by atoms with Gasteiger partial charge in [-0.1, -0.05) is 170 Å². The van der Waals surface area contributed by atoms with Crippen molar-refractivity contribution in [3.8, 4) is 67.1 Å². The molecule has 10 aromatic carbocycles. The van der Waals surface area contributed by atoms with Crippen molar-refractivity contribution >= 4 is 48.6 Å². The molecule has 3 heteroatoms. The van der Waals surface area contributed by atoms with Gasteiger partial charge in [-0.2, -0.15) is 0 Å². The zero-order valence-electron chi connectivity index (χ0n) is 34.6. The molecule has 0 N–H and O–H groups in total. The first-order valence-corrected chi connectivity index (χ1v) is 22.8. The third kappa shape index (κ3) is 4.85. The van der Waals surface area contributed by atoms with Gasteiger partial charge in [0.15, 0.2) is 0 Å². The maximum absolute atomic E-state index is 6.73. The van der Waals surface area contributed by atoms with Crippen molar-refractivity contribution in [1.29, 1.82) is 0 Å². The fourth-order valence-electron chi connectivity index (χ4n) is 11.3. The Morgan fingerprint density at radius 2 is 0.844 bits per heavy atom. The number of ether oxygens (including phenoxy) is 1. The van der Waals surface area contributed by atoms with Gasteiger partial charge < -0.3 is 9.64 Å². The molecule has 0 amide bonds. The van der Waals surface area contributed by atoms with Crippen molar-refractivity contribution in [2.45, 2.75) is 5.41 Å². The van der Waals surface area contributed by atoms with E-state index in [0.717, 1.165) is 50.8 Å². The van der Waals surface area contributed by atoms with Crippen LogP contribution in [-0.4, -0.2) is 0 Å². The van der Waals surface area contributed by atoms with Gasteiger partial charge in [0.2, 0.25) is 0 Å². The van der Waals surface area contributed by atoms with Gasteiger partial charge in [0.1, 0.15) is 11.5 Å². The number of para-hydroxylation sites is 2. The van der Waals surface area contributed by atoms with Crippen molar-refractivity contribution in [2.75, 3.05) is 4.90 Å². The van der Waals surface area contributed by atoms with Gasteiger partial charge in [0, 0.05) is 53.9 Å². The number of rotatable bonds is 3. The average molecular weight is 832 g/mol. The van der Waals surface area contributed by atoms with E-state index >= 15 is 0 Å². The van der Waals surface area contributed by atoms with Crippen LogP contribution in [0.2, 0.25) is 0 Å². The molecule has 0 radical (unpaired) electrons. The minimum Gasteiger partial charge on any atom is -0.456 e. The van der Waals surface area contributed by atoms with Crippen LogP contribution < -0.4 is 9.64 Å². The summed E-state index contributed by atoms with van der Waals surface area (Å²) in [7, 11) is 0. The number of nitrogens with zero attached hydrogens (tertiary/aromatic N) is 1. The van der Waals surface area contributed by atoms with Crippen LogP contribution in [-0.2, 0) is 5.41 Å². The maximum atomic E-state index is 6.73. The Bertz CT molecular complexity index is 3730. The lowest BCUT2D eigenvalue weighted by Gasteiger charge is -2.36. The van der Waals surface area contributed by atoms with E-state index in [0.29, 0.717) is 0 Å². The summed E-state index contributed by atoms with van der Waals surface area (Å²) in [5.74, 6) is 1.71. The molecule has 14 rings (SSSR count). The molecule has 2 nitrogen and oxygen atoms in total. The molecule has 0 fully saturated rings. The molecule has 64 heavy (non-hydrogen) atoms. The summed E-state index contributed by atoms with van der Waals surface area (Å²) in [6.07, 6.45) is 0. The Hall–Kier alpha value is -7.98. The molecule has 298 valence electrons. The SMILES string of the molecule is c1ccc(N(c2ccc3c(c2)-c2ccccc2-c2ccccc2O3)c2ccc3c(c2)-c2ccccc2-c2ccccc2C32c3ccccc3-c3c2ccc2c3sc3ccccc32)cc1. The molecule has 1 aromatic heterocycles. The fraction of sp³-hybridized carbons (Fsp3) is 0.0164. The summed E-state index contributed by atoms with van der Waals surface area (Å²) < 4.78 is 9.40. The van der Waals surface area contributed by atoms with E-state index < -0.39 is 5.41 Å². The molecule has 1 atom stereocenters.